The predicted molar refractivity (Wildman–Crippen MR) is 83.1 cm³/mol. The van der Waals surface area contributed by atoms with Crippen LogP contribution in [0.4, 0.5) is 0 Å². The van der Waals surface area contributed by atoms with Gasteiger partial charge in [-0.25, -0.2) is 0 Å². The Balaban J connectivity index is 1.61. The van der Waals surface area contributed by atoms with Crippen LogP contribution in [0.3, 0.4) is 0 Å². The molecular formula is C17H28N2O2. The SMILES string of the molecule is C=CCN1C(=O)CC[C@@]12CCCN(C[C@@H]1CCOC1)CC2. The number of hydrogen-bond acceptors (Lipinski definition) is 3. The van der Waals surface area contributed by atoms with Crippen LogP contribution >= 0.6 is 0 Å². The first-order valence-electron chi connectivity index (χ1n) is 8.45. The van der Waals surface area contributed by atoms with E-state index in [0.29, 0.717) is 11.8 Å². The van der Waals surface area contributed by atoms with Crippen LogP contribution in [0.2, 0.25) is 0 Å². The lowest BCUT2D eigenvalue weighted by Crippen LogP contribution is -2.46. The normalized spacial score (nSPS) is 34.6. The highest BCUT2D eigenvalue weighted by molar-refractivity contribution is 5.79. The van der Waals surface area contributed by atoms with Crippen molar-refractivity contribution in [2.45, 2.75) is 44.1 Å². The Kier molecular flexibility index (Phi) is 4.65. The summed E-state index contributed by atoms with van der Waals surface area (Å²) in [4.78, 5) is 16.9. The lowest BCUT2D eigenvalue weighted by atomic mass is 9.87. The average molecular weight is 292 g/mol. The molecule has 21 heavy (non-hydrogen) atoms. The first-order valence-corrected chi connectivity index (χ1v) is 8.45. The van der Waals surface area contributed by atoms with Crippen LogP contribution in [0.25, 0.3) is 0 Å². The van der Waals surface area contributed by atoms with Crippen molar-refractivity contribution in [1.82, 2.24) is 9.80 Å². The number of ether oxygens (including phenoxy) is 1. The Morgan fingerprint density at radius 2 is 2.24 bits per heavy atom. The molecule has 0 aliphatic carbocycles. The summed E-state index contributed by atoms with van der Waals surface area (Å²) in [5, 5.41) is 0. The van der Waals surface area contributed by atoms with Gasteiger partial charge in [-0.15, -0.1) is 6.58 Å². The number of nitrogens with zero attached hydrogens (tertiary/aromatic N) is 2. The van der Waals surface area contributed by atoms with Crippen molar-refractivity contribution in [1.29, 1.82) is 0 Å². The van der Waals surface area contributed by atoms with Gasteiger partial charge in [0.15, 0.2) is 0 Å². The molecule has 3 fully saturated rings. The van der Waals surface area contributed by atoms with Crippen molar-refractivity contribution in [3.63, 3.8) is 0 Å². The molecule has 0 saturated carbocycles. The van der Waals surface area contributed by atoms with Gasteiger partial charge in [-0.1, -0.05) is 6.08 Å². The standard InChI is InChI=1S/C17H28N2O2/c1-2-9-19-16(20)4-7-17(19)6-3-10-18(11-8-17)13-15-5-12-21-14-15/h2,15H,1,3-14H2/t15-,17+/m0/s1. The fraction of sp³-hybridized carbons (Fsp3) is 0.824. The van der Waals surface area contributed by atoms with Gasteiger partial charge in [0.2, 0.25) is 5.91 Å². The maximum Gasteiger partial charge on any atom is 0.223 e. The average Bonchev–Trinajstić information content (AvgIpc) is 3.02. The summed E-state index contributed by atoms with van der Waals surface area (Å²) in [6.07, 6.45) is 8.34. The van der Waals surface area contributed by atoms with Crippen molar-refractivity contribution >= 4 is 5.91 Å². The zero-order valence-electron chi connectivity index (χ0n) is 13.1. The van der Waals surface area contributed by atoms with Gasteiger partial charge in [0.05, 0.1) is 6.61 Å². The van der Waals surface area contributed by atoms with Crippen LogP contribution in [0.15, 0.2) is 12.7 Å². The zero-order valence-corrected chi connectivity index (χ0v) is 13.1. The second-order valence-electron chi connectivity index (χ2n) is 6.90. The monoisotopic (exact) mass is 292 g/mol. The number of hydrogen-bond donors (Lipinski definition) is 0. The van der Waals surface area contributed by atoms with E-state index in [1.807, 2.05) is 6.08 Å². The Labute approximate surface area is 128 Å². The van der Waals surface area contributed by atoms with E-state index in [2.05, 4.69) is 16.4 Å². The highest BCUT2D eigenvalue weighted by atomic mass is 16.5. The van der Waals surface area contributed by atoms with Crippen molar-refractivity contribution in [2.24, 2.45) is 5.92 Å². The summed E-state index contributed by atoms with van der Waals surface area (Å²) in [5.74, 6) is 1.04. The minimum Gasteiger partial charge on any atom is -0.381 e. The molecule has 0 N–H and O–H groups in total. The summed E-state index contributed by atoms with van der Waals surface area (Å²) >= 11 is 0. The van der Waals surface area contributed by atoms with Crippen molar-refractivity contribution in [3.05, 3.63) is 12.7 Å². The van der Waals surface area contributed by atoms with Crippen LogP contribution in [0.1, 0.15) is 38.5 Å². The third kappa shape index (κ3) is 3.16. The minimum absolute atomic E-state index is 0.117. The number of amides is 1. The van der Waals surface area contributed by atoms with Gasteiger partial charge in [-0.05, 0) is 44.6 Å². The highest BCUT2D eigenvalue weighted by Crippen LogP contribution is 2.39. The maximum absolute atomic E-state index is 12.2. The second-order valence-corrected chi connectivity index (χ2v) is 6.90. The molecule has 1 amide bonds. The Morgan fingerprint density at radius 1 is 1.33 bits per heavy atom. The highest BCUT2D eigenvalue weighted by Gasteiger charge is 2.45. The molecule has 0 radical (unpaired) electrons. The van der Waals surface area contributed by atoms with E-state index >= 15 is 0 Å². The second kappa shape index (κ2) is 6.49. The molecule has 0 aromatic rings. The Bertz CT molecular complexity index is 392. The van der Waals surface area contributed by atoms with Crippen LogP contribution in [0.5, 0.6) is 0 Å². The van der Waals surface area contributed by atoms with E-state index in [0.717, 1.165) is 52.0 Å². The molecule has 3 aliphatic rings. The summed E-state index contributed by atoms with van der Waals surface area (Å²) in [7, 11) is 0. The predicted octanol–water partition coefficient (Wildman–Crippen LogP) is 2.06. The molecular weight excluding hydrogens is 264 g/mol. The molecule has 0 bridgehead atoms. The summed E-state index contributed by atoms with van der Waals surface area (Å²) < 4.78 is 5.50. The minimum atomic E-state index is 0.117. The fourth-order valence-electron chi connectivity index (χ4n) is 4.33. The van der Waals surface area contributed by atoms with Gasteiger partial charge < -0.3 is 14.5 Å². The summed E-state index contributed by atoms with van der Waals surface area (Å²) in [6, 6.07) is 0. The third-order valence-corrected chi connectivity index (χ3v) is 5.54. The van der Waals surface area contributed by atoms with Crippen LogP contribution in [-0.2, 0) is 9.53 Å². The first-order chi connectivity index (χ1) is 10.2. The molecule has 0 unspecified atom stereocenters. The first kappa shape index (κ1) is 15.0. The van der Waals surface area contributed by atoms with Gasteiger partial charge in [0.25, 0.3) is 0 Å². The number of rotatable bonds is 4. The molecule has 118 valence electrons. The third-order valence-electron chi connectivity index (χ3n) is 5.54. The van der Waals surface area contributed by atoms with Crippen molar-refractivity contribution in [2.75, 3.05) is 39.4 Å². The lowest BCUT2D eigenvalue weighted by Gasteiger charge is -2.37. The molecule has 3 saturated heterocycles. The number of carbonyl (C=O) groups is 1. The van der Waals surface area contributed by atoms with Crippen molar-refractivity contribution < 1.29 is 9.53 Å². The largest absolute Gasteiger partial charge is 0.381 e. The summed E-state index contributed by atoms with van der Waals surface area (Å²) in [6.45, 7) is 9.88. The van der Waals surface area contributed by atoms with Gasteiger partial charge >= 0.3 is 0 Å². The quantitative estimate of drug-likeness (QED) is 0.744. The van der Waals surface area contributed by atoms with E-state index < -0.39 is 0 Å². The van der Waals surface area contributed by atoms with E-state index in [1.54, 1.807) is 0 Å². The van der Waals surface area contributed by atoms with Crippen LogP contribution in [0, 0.1) is 5.92 Å². The van der Waals surface area contributed by atoms with Crippen LogP contribution in [-0.4, -0.2) is 60.6 Å². The van der Waals surface area contributed by atoms with E-state index in [1.165, 1.54) is 25.9 Å². The molecule has 4 heteroatoms. The van der Waals surface area contributed by atoms with Crippen LogP contribution < -0.4 is 0 Å². The molecule has 3 aliphatic heterocycles. The van der Waals surface area contributed by atoms with Gasteiger partial charge in [-0.2, -0.15) is 0 Å². The molecule has 0 aromatic carbocycles. The zero-order chi connectivity index (χ0) is 14.7. The van der Waals surface area contributed by atoms with E-state index in [9.17, 15) is 4.79 Å². The smallest absolute Gasteiger partial charge is 0.223 e. The number of carbonyl (C=O) groups excluding carboxylic acids is 1. The molecule has 0 aromatic heterocycles. The molecule has 2 atom stereocenters. The Hall–Kier alpha value is -0.870. The fourth-order valence-corrected chi connectivity index (χ4v) is 4.33. The van der Waals surface area contributed by atoms with Gasteiger partial charge in [0.1, 0.15) is 0 Å². The van der Waals surface area contributed by atoms with Gasteiger partial charge in [0, 0.05) is 38.2 Å². The number of likely N-dealkylation sites (tertiary alicyclic amines) is 2. The maximum atomic E-state index is 12.2. The lowest BCUT2D eigenvalue weighted by molar-refractivity contribution is -0.130. The molecule has 1 spiro atoms. The van der Waals surface area contributed by atoms with E-state index in [-0.39, 0.29) is 5.54 Å². The Morgan fingerprint density at radius 3 is 3.00 bits per heavy atom. The topological polar surface area (TPSA) is 32.8 Å². The molecule has 3 heterocycles. The van der Waals surface area contributed by atoms with Gasteiger partial charge in [-0.3, -0.25) is 4.79 Å². The summed E-state index contributed by atoms with van der Waals surface area (Å²) in [5.41, 5.74) is 0.117. The molecule has 4 nitrogen and oxygen atoms in total. The molecule has 3 rings (SSSR count). The van der Waals surface area contributed by atoms with E-state index in [4.69, 9.17) is 4.74 Å². The van der Waals surface area contributed by atoms with Crippen molar-refractivity contribution in [3.8, 4) is 0 Å².